The van der Waals surface area contributed by atoms with Gasteiger partial charge in [-0.15, -0.1) is 0 Å². The zero-order valence-corrected chi connectivity index (χ0v) is 11.5. The first-order valence-corrected chi connectivity index (χ1v) is 6.20. The van der Waals surface area contributed by atoms with E-state index in [1.807, 2.05) is 6.92 Å². The summed E-state index contributed by atoms with van der Waals surface area (Å²) in [6, 6.07) is 5.79. The standard InChI is InChI=1S/C13H16ClN3O2/c1-8(17-9(2)18)7-16-12(6-15)11-5-10(14)3-4-13(11)19/h3-5,8,12,16,19H,7H2,1-2H3,(H,17,18). The fourth-order valence-electron chi connectivity index (χ4n) is 1.67. The van der Waals surface area contributed by atoms with E-state index in [1.165, 1.54) is 13.0 Å². The molecule has 0 aliphatic heterocycles. The molecule has 19 heavy (non-hydrogen) atoms. The summed E-state index contributed by atoms with van der Waals surface area (Å²) >= 11 is 5.84. The highest BCUT2D eigenvalue weighted by Gasteiger charge is 2.16. The molecule has 0 radical (unpaired) electrons. The monoisotopic (exact) mass is 281 g/mol. The lowest BCUT2D eigenvalue weighted by Crippen LogP contribution is -2.39. The minimum atomic E-state index is -0.685. The maximum atomic E-state index is 10.9. The van der Waals surface area contributed by atoms with E-state index >= 15 is 0 Å². The van der Waals surface area contributed by atoms with Crippen molar-refractivity contribution in [2.75, 3.05) is 6.54 Å². The molecule has 0 aromatic heterocycles. The quantitative estimate of drug-likeness (QED) is 0.767. The van der Waals surface area contributed by atoms with Crippen molar-refractivity contribution in [1.82, 2.24) is 10.6 Å². The Balaban J connectivity index is 2.71. The first kappa shape index (κ1) is 15.3. The lowest BCUT2D eigenvalue weighted by atomic mass is 10.1. The van der Waals surface area contributed by atoms with Crippen LogP contribution in [0.15, 0.2) is 18.2 Å². The van der Waals surface area contributed by atoms with Crippen LogP contribution in [0.4, 0.5) is 0 Å². The van der Waals surface area contributed by atoms with Gasteiger partial charge < -0.3 is 10.4 Å². The van der Waals surface area contributed by atoms with E-state index in [0.717, 1.165) is 0 Å². The average molecular weight is 282 g/mol. The number of carbonyl (C=O) groups is 1. The molecule has 0 heterocycles. The van der Waals surface area contributed by atoms with Gasteiger partial charge in [0.15, 0.2) is 0 Å². The van der Waals surface area contributed by atoms with Crippen LogP contribution in [0.5, 0.6) is 5.75 Å². The molecule has 1 aromatic carbocycles. The number of amides is 1. The maximum Gasteiger partial charge on any atom is 0.217 e. The number of nitriles is 1. The van der Waals surface area contributed by atoms with Crippen LogP contribution in [0.1, 0.15) is 25.5 Å². The number of nitrogens with zero attached hydrogens (tertiary/aromatic N) is 1. The Kier molecular flexibility index (Phi) is 5.61. The Bertz CT molecular complexity index is 499. The number of carbonyl (C=O) groups excluding carboxylic acids is 1. The molecule has 2 unspecified atom stereocenters. The number of aromatic hydroxyl groups is 1. The number of rotatable bonds is 5. The van der Waals surface area contributed by atoms with Gasteiger partial charge in [-0.2, -0.15) is 5.26 Å². The van der Waals surface area contributed by atoms with Crippen molar-refractivity contribution in [3.63, 3.8) is 0 Å². The van der Waals surface area contributed by atoms with Crippen molar-refractivity contribution in [2.24, 2.45) is 0 Å². The molecule has 0 aliphatic carbocycles. The van der Waals surface area contributed by atoms with Crippen LogP contribution in [0, 0.1) is 11.3 Å². The SMILES string of the molecule is CC(=O)NC(C)CNC(C#N)c1cc(Cl)ccc1O. The molecule has 0 spiro atoms. The van der Waals surface area contributed by atoms with Crippen LogP contribution < -0.4 is 10.6 Å². The molecule has 0 bridgehead atoms. The Morgan fingerprint density at radius 2 is 2.26 bits per heavy atom. The molecule has 0 saturated heterocycles. The third-order valence-electron chi connectivity index (χ3n) is 2.51. The van der Waals surface area contributed by atoms with Crippen LogP contribution in [-0.4, -0.2) is 23.6 Å². The van der Waals surface area contributed by atoms with E-state index in [9.17, 15) is 9.90 Å². The van der Waals surface area contributed by atoms with Gasteiger partial charge in [0.25, 0.3) is 0 Å². The van der Waals surface area contributed by atoms with Gasteiger partial charge in [-0.3, -0.25) is 10.1 Å². The first-order valence-electron chi connectivity index (χ1n) is 5.82. The van der Waals surface area contributed by atoms with Crippen LogP contribution >= 0.6 is 11.6 Å². The highest BCUT2D eigenvalue weighted by Crippen LogP contribution is 2.26. The average Bonchev–Trinajstić information content (AvgIpc) is 2.33. The van der Waals surface area contributed by atoms with Crippen molar-refractivity contribution in [1.29, 1.82) is 5.26 Å². The molecule has 2 atom stereocenters. The second-order valence-corrected chi connectivity index (χ2v) is 4.71. The Labute approximate surface area is 117 Å². The lowest BCUT2D eigenvalue weighted by Gasteiger charge is -2.17. The molecule has 1 amide bonds. The van der Waals surface area contributed by atoms with Crippen molar-refractivity contribution in [3.05, 3.63) is 28.8 Å². The van der Waals surface area contributed by atoms with Gasteiger partial charge in [-0.1, -0.05) is 11.6 Å². The molecule has 6 heteroatoms. The number of phenolic OH excluding ortho intramolecular Hbond substituents is 1. The zero-order chi connectivity index (χ0) is 14.4. The van der Waals surface area contributed by atoms with Crippen LogP contribution in [0.3, 0.4) is 0 Å². The summed E-state index contributed by atoms with van der Waals surface area (Å²) in [5.74, 6) is -0.121. The zero-order valence-electron chi connectivity index (χ0n) is 10.8. The Morgan fingerprint density at radius 3 is 2.84 bits per heavy atom. The second-order valence-electron chi connectivity index (χ2n) is 4.28. The minimum absolute atomic E-state index is 0.00984. The lowest BCUT2D eigenvalue weighted by molar-refractivity contribution is -0.119. The molecule has 0 saturated carbocycles. The minimum Gasteiger partial charge on any atom is -0.508 e. The van der Waals surface area contributed by atoms with Crippen LogP contribution in [0.25, 0.3) is 0 Å². The molecular formula is C13H16ClN3O2. The van der Waals surface area contributed by atoms with Gasteiger partial charge in [-0.25, -0.2) is 0 Å². The van der Waals surface area contributed by atoms with E-state index in [0.29, 0.717) is 17.1 Å². The first-order chi connectivity index (χ1) is 8.93. The number of halogens is 1. The van der Waals surface area contributed by atoms with E-state index in [1.54, 1.807) is 12.1 Å². The summed E-state index contributed by atoms with van der Waals surface area (Å²) in [5, 5.41) is 25.0. The van der Waals surface area contributed by atoms with Crippen LogP contribution in [-0.2, 0) is 4.79 Å². The normalized spacial score (nSPS) is 13.4. The van der Waals surface area contributed by atoms with Gasteiger partial charge in [0, 0.05) is 30.1 Å². The van der Waals surface area contributed by atoms with Crippen molar-refractivity contribution < 1.29 is 9.90 Å². The van der Waals surface area contributed by atoms with E-state index in [-0.39, 0.29) is 17.7 Å². The predicted octanol–water partition coefficient (Wildman–Crippen LogP) is 1.72. The second kappa shape index (κ2) is 6.98. The molecule has 5 nitrogen and oxygen atoms in total. The summed E-state index contributed by atoms with van der Waals surface area (Å²) in [4.78, 5) is 10.9. The molecule has 1 aromatic rings. The fourth-order valence-corrected chi connectivity index (χ4v) is 1.85. The summed E-state index contributed by atoms with van der Waals surface area (Å²) in [6.45, 7) is 3.66. The van der Waals surface area contributed by atoms with E-state index in [2.05, 4.69) is 16.7 Å². The van der Waals surface area contributed by atoms with Gasteiger partial charge in [-0.05, 0) is 25.1 Å². The van der Waals surface area contributed by atoms with Crippen molar-refractivity contribution in [3.8, 4) is 11.8 Å². The number of hydrogen-bond acceptors (Lipinski definition) is 4. The van der Waals surface area contributed by atoms with E-state index < -0.39 is 6.04 Å². The number of hydrogen-bond donors (Lipinski definition) is 3. The summed E-state index contributed by atoms with van der Waals surface area (Å²) < 4.78 is 0. The molecular weight excluding hydrogens is 266 g/mol. The predicted molar refractivity (Wildman–Crippen MR) is 72.8 cm³/mol. The third-order valence-corrected chi connectivity index (χ3v) is 2.74. The Morgan fingerprint density at radius 1 is 1.58 bits per heavy atom. The van der Waals surface area contributed by atoms with Gasteiger partial charge in [0.1, 0.15) is 11.8 Å². The van der Waals surface area contributed by atoms with Crippen molar-refractivity contribution >= 4 is 17.5 Å². The largest absolute Gasteiger partial charge is 0.508 e. The molecule has 0 fully saturated rings. The molecule has 1 rings (SSSR count). The number of benzene rings is 1. The van der Waals surface area contributed by atoms with Gasteiger partial charge in [0.05, 0.1) is 6.07 Å². The van der Waals surface area contributed by atoms with Gasteiger partial charge in [0.2, 0.25) is 5.91 Å². The third kappa shape index (κ3) is 4.78. The molecule has 102 valence electrons. The van der Waals surface area contributed by atoms with Crippen LogP contribution in [0.2, 0.25) is 5.02 Å². The van der Waals surface area contributed by atoms with E-state index in [4.69, 9.17) is 16.9 Å². The number of phenols is 1. The fraction of sp³-hybridized carbons (Fsp3) is 0.385. The van der Waals surface area contributed by atoms with Gasteiger partial charge >= 0.3 is 0 Å². The number of nitrogens with one attached hydrogen (secondary N) is 2. The maximum absolute atomic E-state index is 10.9. The summed E-state index contributed by atoms with van der Waals surface area (Å²) in [6.07, 6.45) is 0. The topological polar surface area (TPSA) is 85.2 Å². The smallest absolute Gasteiger partial charge is 0.217 e. The summed E-state index contributed by atoms with van der Waals surface area (Å²) in [7, 11) is 0. The highest BCUT2D eigenvalue weighted by atomic mass is 35.5. The molecule has 3 N–H and O–H groups in total. The molecule has 0 aliphatic rings. The Hall–Kier alpha value is -1.77. The highest BCUT2D eigenvalue weighted by molar-refractivity contribution is 6.30. The summed E-state index contributed by atoms with van der Waals surface area (Å²) in [5.41, 5.74) is 0.421. The van der Waals surface area contributed by atoms with Crippen molar-refractivity contribution in [2.45, 2.75) is 25.9 Å².